The van der Waals surface area contributed by atoms with Gasteiger partial charge in [0.25, 0.3) is 0 Å². The van der Waals surface area contributed by atoms with Crippen molar-refractivity contribution in [1.29, 1.82) is 0 Å². The lowest BCUT2D eigenvalue weighted by Gasteiger charge is -2.08. The SMILES string of the molecule is CCc1nnc(NCCCn2ccnc2)nc1CC. The van der Waals surface area contributed by atoms with E-state index in [1.807, 2.05) is 12.5 Å². The molecule has 0 aliphatic rings. The van der Waals surface area contributed by atoms with Crippen molar-refractivity contribution >= 4 is 5.95 Å². The summed E-state index contributed by atoms with van der Waals surface area (Å²) < 4.78 is 2.05. The van der Waals surface area contributed by atoms with Crippen molar-refractivity contribution in [3.8, 4) is 0 Å². The van der Waals surface area contributed by atoms with E-state index in [0.717, 1.165) is 43.7 Å². The first kappa shape index (κ1) is 13.5. The zero-order chi connectivity index (χ0) is 13.5. The summed E-state index contributed by atoms with van der Waals surface area (Å²) in [5, 5.41) is 11.5. The third-order valence-electron chi connectivity index (χ3n) is 2.94. The maximum atomic E-state index is 4.49. The fraction of sp³-hybridized carbons (Fsp3) is 0.538. The largest absolute Gasteiger partial charge is 0.353 e. The topological polar surface area (TPSA) is 68.5 Å². The van der Waals surface area contributed by atoms with Crippen molar-refractivity contribution in [2.75, 3.05) is 11.9 Å². The first-order chi connectivity index (χ1) is 9.33. The molecule has 0 radical (unpaired) electrons. The smallest absolute Gasteiger partial charge is 0.242 e. The van der Waals surface area contributed by atoms with E-state index >= 15 is 0 Å². The van der Waals surface area contributed by atoms with E-state index in [0.29, 0.717) is 5.95 Å². The Bertz CT molecular complexity index is 494. The second-order valence-electron chi connectivity index (χ2n) is 4.32. The highest BCUT2D eigenvalue weighted by Crippen LogP contribution is 2.06. The Balaban J connectivity index is 1.82. The maximum Gasteiger partial charge on any atom is 0.242 e. The molecule has 0 aliphatic heterocycles. The number of nitrogens with zero attached hydrogens (tertiary/aromatic N) is 5. The number of imidazole rings is 1. The molecule has 0 saturated heterocycles. The number of rotatable bonds is 7. The molecule has 0 atom stereocenters. The molecule has 2 heterocycles. The molecular weight excluding hydrogens is 240 g/mol. The summed E-state index contributed by atoms with van der Waals surface area (Å²) in [7, 11) is 0. The number of aromatic nitrogens is 5. The number of aryl methyl sites for hydroxylation is 3. The molecule has 6 nitrogen and oxygen atoms in total. The molecule has 0 amide bonds. The van der Waals surface area contributed by atoms with Gasteiger partial charge in [0.1, 0.15) is 0 Å². The van der Waals surface area contributed by atoms with Gasteiger partial charge in [0, 0.05) is 25.5 Å². The summed E-state index contributed by atoms with van der Waals surface area (Å²) in [5.41, 5.74) is 2.03. The zero-order valence-electron chi connectivity index (χ0n) is 11.5. The van der Waals surface area contributed by atoms with Crippen LogP contribution in [0.15, 0.2) is 18.7 Å². The van der Waals surface area contributed by atoms with Gasteiger partial charge in [-0.15, -0.1) is 5.10 Å². The van der Waals surface area contributed by atoms with Crippen LogP contribution in [-0.2, 0) is 19.4 Å². The molecule has 2 rings (SSSR count). The van der Waals surface area contributed by atoms with Crippen molar-refractivity contribution in [3.63, 3.8) is 0 Å². The molecule has 2 aromatic rings. The van der Waals surface area contributed by atoms with Crippen LogP contribution in [0.3, 0.4) is 0 Å². The lowest BCUT2D eigenvalue weighted by molar-refractivity contribution is 0.657. The van der Waals surface area contributed by atoms with Crippen LogP contribution in [0.1, 0.15) is 31.7 Å². The summed E-state index contributed by atoms with van der Waals surface area (Å²) in [5.74, 6) is 0.625. The molecule has 1 N–H and O–H groups in total. The normalized spacial score (nSPS) is 10.6. The van der Waals surface area contributed by atoms with Crippen LogP contribution >= 0.6 is 0 Å². The molecule has 0 aliphatic carbocycles. The highest BCUT2D eigenvalue weighted by molar-refractivity contribution is 5.25. The van der Waals surface area contributed by atoms with E-state index in [1.165, 1.54) is 0 Å². The highest BCUT2D eigenvalue weighted by Gasteiger charge is 2.05. The summed E-state index contributed by atoms with van der Waals surface area (Å²) in [6, 6.07) is 0. The fourth-order valence-corrected chi connectivity index (χ4v) is 1.89. The molecule has 6 heteroatoms. The van der Waals surface area contributed by atoms with Gasteiger partial charge in [-0.3, -0.25) is 0 Å². The standard InChI is InChI=1S/C13H20N6/c1-3-11-12(4-2)17-18-13(16-11)15-6-5-8-19-9-7-14-10-19/h7,9-10H,3-6,8H2,1-2H3,(H,15,16,18). The van der Waals surface area contributed by atoms with E-state index in [2.05, 4.69) is 43.9 Å². The highest BCUT2D eigenvalue weighted by atomic mass is 15.2. The molecule has 0 aromatic carbocycles. The zero-order valence-corrected chi connectivity index (χ0v) is 11.5. The summed E-state index contributed by atoms with van der Waals surface area (Å²) in [6.45, 7) is 5.93. The van der Waals surface area contributed by atoms with Gasteiger partial charge in [-0.1, -0.05) is 13.8 Å². The van der Waals surface area contributed by atoms with Crippen LogP contribution in [0.5, 0.6) is 0 Å². The lowest BCUT2D eigenvalue weighted by atomic mass is 10.2. The van der Waals surface area contributed by atoms with E-state index in [4.69, 9.17) is 0 Å². The molecule has 0 fully saturated rings. The first-order valence-corrected chi connectivity index (χ1v) is 6.75. The Morgan fingerprint density at radius 1 is 1.16 bits per heavy atom. The molecule has 2 aromatic heterocycles. The average Bonchev–Trinajstić information content (AvgIpc) is 2.96. The Morgan fingerprint density at radius 3 is 2.68 bits per heavy atom. The van der Waals surface area contributed by atoms with E-state index < -0.39 is 0 Å². The van der Waals surface area contributed by atoms with Crippen LogP contribution in [-0.4, -0.2) is 31.3 Å². The predicted molar refractivity (Wildman–Crippen MR) is 73.9 cm³/mol. The average molecular weight is 260 g/mol. The molecule has 19 heavy (non-hydrogen) atoms. The summed E-state index contributed by atoms with van der Waals surface area (Å²) in [6.07, 6.45) is 8.34. The van der Waals surface area contributed by atoms with Crippen LogP contribution in [0.25, 0.3) is 0 Å². The lowest BCUT2D eigenvalue weighted by Crippen LogP contribution is -2.11. The van der Waals surface area contributed by atoms with Crippen LogP contribution in [0.4, 0.5) is 5.95 Å². The van der Waals surface area contributed by atoms with E-state index in [9.17, 15) is 0 Å². The number of anilines is 1. The van der Waals surface area contributed by atoms with E-state index in [-0.39, 0.29) is 0 Å². The Labute approximate surface area is 113 Å². The van der Waals surface area contributed by atoms with Crippen LogP contribution in [0.2, 0.25) is 0 Å². The Hall–Kier alpha value is -1.98. The van der Waals surface area contributed by atoms with Gasteiger partial charge in [-0.2, -0.15) is 5.10 Å². The predicted octanol–water partition coefficient (Wildman–Crippen LogP) is 1.70. The Kier molecular flexibility index (Phi) is 4.83. The summed E-state index contributed by atoms with van der Waals surface area (Å²) in [4.78, 5) is 8.50. The van der Waals surface area contributed by atoms with Gasteiger partial charge >= 0.3 is 0 Å². The van der Waals surface area contributed by atoms with Crippen LogP contribution in [0, 0.1) is 0 Å². The van der Waals surface area contributed by atoms with Gasteiger partial charge in [0.2, 0.25) is 5.95 Å². The number of nitrogens with one attached hydrogen (secondary N) is 1. The Morgan fingerprint density at radius 2 is 2.00 bits per heavy atom. The maximum absolute atomic E-state index is 4.49. The first-order valence-electron chi connectivity index (χ1n) is 6.75. The van der Waals surface area contributed by atoms with Gasteiger partial charge in [-0.05, 0) is 19.3 Å². The van der Waals surface area contributed by atoms with Crippen molar-refractivity contribution in [3.05, 3.63) is 30.1 Å². The minimum absolute atomic E-state index is 0.625. The minimum Gasteiger partial charge on any atom is -0.353 e. The van der Waals surface area contributed by atoms with Crippen LogP contribution < -0.4 is 5.32 Å². The van der Waals surface area contributed by atoms with Gasteiger partial charge < -0.3 is 9.88 Å². The van der Waals surface area contributed by atoms with E-state index in [1.54, 1.807) is 6.20 Å². The van der Waals surface area contributed by atoms with Crippen molar-refractivity contribution in [1.82, 2.24) is 24.7 Å². The number of hydrogen-bond donors (Lipinski definition) is 1. The third kappa shape index (κ3) is 3.74. The molecular formula is C13H20N6. The second-order valence-corrected chi connectivity index (χ2v) is 4.32. The van der Waals surface area contributed by atoms with Gasteiger partial charge in [0.15, 0.2) is 0 Å². The molecule has 0 saturated carbocycles. The molecule has 0 spiro atoms. The quantitative estimate of drug-likeness (QED) is 0.767. The van der Waals surface area contributed by atoms with Crippen molar-refractivity contribution in [2.45, 2.75) is 39.7 Å². The fourth-order valence-electron chi connectivity index (χ4n) is 1.89. The molecule has 0 unspecified atom stereocenters. The van der Waals surface area contributed by atoms with Gasteiger partial charge in [0.05, 0.1) is 17.7 Å². The third-order valence-corrected chi connectivity index (χ3v) is 2.94. The summed E-state index contributed by atoms with van der Waals surface area (Å²) >= 11 is 0. The van der Waals surface area contributed by atoms with Gasteiger partial charge in [-0.25, -0.2) is 9.97 Å². The van der Waals surface area contributed by atoms with Crippen molar-refractivity contribution in [2.24, 2.45) is 0 Å². The second kappa shape index (κ2) is 6.82. The molecule has 0 bridgehead atoms. The minimum atomic E-state index is 0.625. The monoisotopic (exact) mass is 260 g/mol. The number of hydrogen-bond acceptors (Lipinski definition) is 5. The van der Waals surface area contributed by atoms with Crippen molar-refractivity contribution < 1.29 is 0 Å². The molecule has 102 valence electrons.